The molecule has 3 nitrogen and oxygen atoms in total. The van der Waals surface area contributed by atoms with Crippen LogP contribution in [0.3, 0.4) is 0 Å². The normalized spacial score (nSPS) is 10.1. The third kappa shape index (κ3) is 3.88. The number of esters is 1. The number of rotatable bonds is 5. The van der Waals surface area contributed by atoms with Crippen LogP contribution in [0.15, 0.2) is 18.2 Å². The Morgan fingerprint density at radius 1 is 1.50 bits per heavy atom. The summed E-state index contributed by atoms with van der Waals surface area (Å²) in [6.07, 6.45) is 1.28. The average Bonchev–Trinajstić information content (AvgIpc) is 2.23. The van der Waals surface area contributed by atoms with Crippen molar-refractivity contribution in [2.45, 2.75) is 26.2 Å². The largest absolute Gasteiger partial charge is 0.508 e. The molecule has 0 aliphatic heterocycles. The third-order valence-corrected chi connectivity index (χ3v) is 2.17. The topological polar surface area (TPSA) is 46.5 Å². The molecule has 0 saturated heterocycles. The maximum Gasteiger partial charge on any atom is 0.305 e. The van der Waals surface area contributed by atoms with E-state index in [9.17, 15) is 14.3 Å². The minimum atomic E-state index is -0.385. The van der Waals surface area contributed by atoms with Crippen molar-refractivity contribution in [2.75, 3.05) is 6.61 Å². The quantitative estimate of drug-likeness (QED) is 0.784. The van der Waals surface area contributed by atoms with E-state index in [-0.39, 0.29) is 24.0 Å². The van der Waals surface area contributed by atoms with Crippen molar-refractivity contribution in [1.82, 2.24) is 0 Å². The summed E-state index contributed by atoms with van der Waals surface area (Å²) in [5.74, 6) is -0.590. The molecule has 1 aromatic carbocycles. The molecule has 88 valence electrons. The minimum Gasteiger partial charge on any atom is -0.508 e. The molecule has 0 fully saturated rings. The average molecular weight is 226 g/mol. The maximum absolute atomic E-state index is 12.9. The molecule has 0 unspecified atom stereocenters. The van der Waals surface area contributed by atoms with Crippen molar-refractivity contribution in [2.24, 2.45) is 0 Å². The van der Waals surface area contributed by atoms with Crippen LogP contribution in [0.4, 0.5) is 4.39 Å². The van der Waals surface area contributed by atoms with Gasteiger partial charge in [-0.2, -0.15) is 0 Å². The molecule has 0 heterocycles. The molecular formula is C12H15FO3. The summed E-state index contributed by atoms with van der Waals surface area (Å²) in [6, 6.07) is 3.79. The van der Waals surface area contributed by atoms with Crippen molar-refractivity contribution in [3.63, 3.8) is 0 Å². The fourth-order valence-electron chi connectivity index (χ4n) is 1.41. The number of ether oxygens (including phenoxy) is 1. The second-order valence-electron chi connectivity index (χ2n) is 3.43. The van der Waals surface area contributed by atoms with Crippen LogP contribution >= 0.6 is 0 Å². The molecule has 0 aliphatic rings. The fraction of sp³-hybridized carbons (Fsp3) is 0.417. The number of carbonyl (C=O) groups excluding carboxylic acids is 1. The number of aromatic hydroxyl groups is 1. The molecule has 0 aromatic heterocycles. The van der Waals surface area contributed by atoms with Gasteiger partial charge in [0.15, 0.2) is 0 Å². The molecule has 16 heavy (non-hydrogen) atoms. The molecule has 1 N–H and O–H groups in total. The van der Waals surface area contributed by atoms with Crippen LogP contribution in [0.5, 0.6) is 5.75 Å². The maximum atomic E-state index is 12.9. The number of aryl methyl sites for hydroxylation is 1. The molecule has 0 radical (unpaired) electrons. The van der Waals surface area contributed by atoms with Crippen LogP contribution in [0, 0.1) is 5.82 Å². The van der Waals surface area contributed by atoms with Crippen molar-refractivity contribution in [1.29, 1.82) is 0 Å². The van der Waals surface area contributed by atoms with Gasteiger partial charge in [0.25, 0.3) is 0 Å². The Morgan fingerprint density at radius 3 is 2.94 bits per heavy atom. The molecule has 1 rings (SSSR count). The zero-order valence-corrected chi connectivity index (χ0v) is 9.20. The van der Waals surface area contributed by atoms with Crippen LogP contribution in [-0.4, -0.2) is 17.7 Å². The molecular weight excluding hydrogens is 211 g/mol. The smallest absolute Gasteiger partial charge is 0.305 e. The van der Waals surface area contributed by atoms with E-state index >= 15 is 0 Å². The Kier molecular flexibility index (Phi) is 4.76. The second-order valence-corrected chi connectivity index (χ2v) is 3.43. The van der Waals surface area contributed by atoms with Gasteiger partial charge in [-0.15, -0.1) is 0 Å². The first-order valence-corrected chi connectivity index (χ1v) is 5.26. The van der Waals surface area contributed by atoms with Crippen LogP contribution < -0.4 is 0 Å². The Hall–Kier alpha value is -1.58. The summed E-state index contributed by atoms with van der Waals surface area (Å²) < 4.78 is 17.6. The summed E-state index contributed by atoms with van der Waals surface area (Å²) >= 11 is 0. The van der Waals surface area contributed by atoms with E-state index < -0.39 is 0 Å². The molecule has 0 bridgehead atoms. The van der Waals surface area contributed by atoms with Gasteiger partial charge < -0.3 is 9.84 Å². The Balaban J connectivity index is 2.42. The Morgan fingerprint density at radius 2 is 2.25 bits per heavy atom. The highest BCUT2D eigenvalue weighted by Gasteiger charge is 2.05. The number of benzene rings is 1. The third-order valence-electron chi connectivity index (χ3n) is 2.17. The van der Waals surface area contributed by atoms with Gasteiger partial charge in [0, 0.05) is 6.42 Å². The molecule has 1 aromatic rings. The van der Waals surface area contributed by atoms with Crippen LogP contribution in [0.25, 0.3) is 0 Å². The standard InChI is InChI=1S/C12H15FO3/c1-2-16-12(15)5-3-4-9-8-10(13)6-7-11(9)14/h6-8,14H,2-5H2,1H3. The van der Waals surface area contributed by atoms with Crippen molar-refractivity contribution in [3.05, 3.63) is 29.6 Å². The van der Waals surface area contributed by atoms with Gasteiger partial charge in [-0.3, -0.25) is 4.79 Å². The summed E-state index contributed by atoms with van der Waals surface area (Å²) in [6.45, 7) is 2.11. The second kappa shape index (κ2) is 6.10. The van der Waals surface area contributed by atoms with Crippen LogP contribution in [0.1, 0.15) is 25.3 Å². The van der Waals surface area contributed by atoms with Gasteiger partial charge in [-0.25, -0.2) is 4.39 Å². The number of halogens is 1. The molecule has 0 amide bonds. The Labute approximate surface area is 93.9 Å². The predicted molar refractivity (Wildman–Crippen MR) is 57.6 cm³/mol. The summed E-state index contributed by atoms with van der Waals surface area (Å²) in [5, 5.41) is 9.42. The first-order valence-electron chi connectivity index (χ1n) is 5.26. The first kappa shape index (κ1) is 12.5. The number of hydrogen-bond acceptors (Lipinski definition) is 3. The highest BCUT2D eigenvalue weighted by Crippen LogP contribution is 2.19. The number of hydrogen-bond donors (Lipinski definition) is 1. The van der Waals surface area contributed by atoms with Gasteiger partial charge in [0.1, 0.15) is 11.6 Å². The molecule has 4 heteroatoms. The number of phenols is 1. The lowest BCUT2D eigenvalue weighted by Crippen LogP contribution is -2.04. The van der Waals surface area contributed by atoms with E-state index in [4.69, 9.17) is 4.74 Å². The summed E-state index contributed by atoms with van der Waals surface area (Å²) in [4.78, 5) is 11.0. The molecule has 0 spiro atoms. The van der Waals surface area contributed by atoms with Gasteiger partial charge in [-0.1, -0.05) is 0 Å². The first-order chi connectivity index (χ1) is 7.63. The van der Waals surface area contributed by atoms with Crippen molar-refractivity contribution >= 4 is 5.97 Å². The van der Waals surface area contributed by atoms with Gasteiger partial charge in [0.05, 0.1) is 6.61 Å². The zero-order chi connectivity index (χ0) is 12.0. The fourth-order valence-corrected chi connectivity index (χ4v) is 1.41. The van der Waals surface area contributed by atoms with Gasteiger partial charge in [-0.05, 0) is 43.5 Å². The summed E-state index contributed by atoms with van der Waals surface area (Å²) in [5.41, 5.74) is 0.518. The van der Waals surface area contributed by atoms with E-state index in [1.165, 1.54) is 18.2 Å². The predicted octanol–water partition coefficient (Wildman–Crippen LogP) is 2.42. The number of phenolic OH excluding ortho intramolecular Hbond substituents is 1. The van der Waals surface area contributed by atoms with E-state index in [1.807, 2.05) is 0 Å². The highest BCUT2D eigenvalue weighted by molar-refractivity contribution is 5.69. The lowest BCUT2D eigenvalue weighted by Gasteiger charge is -2.04. The van der Waals surface area contributed by atoms with Gasteiger partial charge >= 0.3 is 5.97 Å². The zero-order valence-electron chi connectivity index (χ0n) is 9.20. The van der Waals surface area contributed by atoms with Crippen LogP contribution in [0.2, 0.25) is 0 Å². The molecule has 0 aliphatic carbocycles. The number of carbonyl (C=O) groups is 1. The van der Waals surface area contributed by atoms with Crippen molar-refractivity contribution in [3.8, 4) is 5.75 Å². The van der Waals surface area contributed by atoms with Crippen molar-refractivity contribution < 1.29 is 19.0 Å². The summed E-state index contributed by atoms with van der Waals surface area (Å²) in [7, 11) is 0. The minimum absolute atomic E-state index is 0.0604. The SMILES string of the molecule is CCOC(=O)CCCc1cc(F)ccc1O. The van der Waals surface area contributed by atoms with E-state index in [0.29, 0.717) is 25.0 Å². The van der Waals surface area contributed by atoms with Gasteiger partial charge in [0.2, 0.25) is 0 Å². The van der Waals surface area contributed by atoms with E-state index in [2.05, 4.69) is 0 Å². The lowest BCUT2D eigenvalue weighted by atomic mass is 10.1. The van der Waals surface area contributed by atoms with E-state index in [0.717, 1.165) is 0 Å². The highest BCUT2D eigenvalue weighted by atomic mass is 19.1. The monoisotopic (exact) mass is 226 g/mol. The van der Waals surface area contributed by atoms with Crippen LogP contribution in [-0.2, 0) is 16.0 Å². The molecule has 0 atom stereocenters. The molecule has 0 saturated carbocycles. The lowest BCUT2D eigenvalue weighted by molar-refractivity contribution is -0.143. The Bertz CT molecular complexity index is 363. The van der Waals surface area contributed by atoms with E-state index in [1.54, 1.807) is 6.92 Å².